The number of carbonyl (C=O) groups is 1. The molecule has 0 aliphatic heterocycles. The van der Waals surface area contributed by atoms with Crippen LogP contribution >= 0.6 is 11.3 Å². The van der Waals surface area contributed by atoms with Crippen LogP contribution in [-0.4, -0.2) is 19.1 Å². The van der Waals surface area contributed by atoms with Crippen LogP contribution in [0.5, 0.6) is 5.75 Å². The minimum Gasteiger partial charge on any atom is -0.496 e. The molecule has 1 N–H and O–H groups in total. The van der Waals surface area contributed by atoms with Crippen molar-refractivity contribution < 1.29 is 9.53 Å². The van der Waals surface area contributed by atoms with Gasteiger partial charge in [0.2, 0.25) is 0 Å². The molecule has 1 atom stereocenters. The third kappa shape index (κ3) is 3.28. The predicted octanol–water partition coefficient (Wildman–Crippen LogP) is 2.29. The molecule has 0 aliphatic rings. The smallest absolute Gasteiger partial charge is 0.262 e. The van der Waals surface area contributed by atoms with Crippen molar-refractivity contribution in [2.75, 3.05) is 7.11 Å². The molecular weight excluding hydrogens is 222 g/mol. The molecule has 1 rings (SSSR count). The van der Waals surface area contributed by atoms with Crippen LogP contribution in [0.1, 0.15) is 29.4 Å². The molecule has 0 aromatic carbocycles. The minimum atomic E-state index is -0.189. The van der Waals surface area contributed by atoms with E-state index in [-0.39, 0.29) is 11.9 Å². The fourth-order valence-corrected chi connectivity index (χ4v) is 2.02. The van der Waals surface area contributed by atoms with Gasteiger partial charge < -0.3 is 10.1 Å². The number of hydrogen-bond acceptors (Lipinski definition) is 3. The number of carbonyl (C=O) groups excluding carboxylic acids is 1. The molecule has 0 bridgehead atoms. The minimum absolute atomic E-state index is 0.135. The van der Waals surface area contributed by atoms with Crippen molar-refractivity contribution in [2.45, 2.75) is 25.8 Å². The van der Waals surface area contributed by atoms with Crippen LogP contribution in [0.2, 0.25) is 0 Å². The Morgan fingerprint density at radius 2 is 2.50 bits per heavy atom. The lowest BCUT2D eigenvalue weighted by Gasteiger charge is -2.10. The summed E-state index contributed by atoms with van der Waals surface area (Å²) in [6.07, 6.45) is 7.07. The number of thiophene rings is 1. The number of ether oxygens (including phenoxy) is 1. The van der Waals surface area contributed by atoms with Gasteiger partial charge in [-0.3, -0.25) is 4.79 Å². The third-order valence-electron chi connectivity index (χ3n) is 2.12. The highest BCUT2D eigenvalue weighted by Gasteiger charge is 2.13. The highest BCUT2D eigenvalue weighted by Crippen LogP contribution is 2.20. The normalized spacial score (nSPS) is 11.6. The van der Waals surface area contributed by atoms with Gasteiger partial charge in [0.15, 0.2) is 0 Å². The Bertz CT molecular complexity index is 392. The lowest BCUT2D eigenvalue weighted by Crippen LogP contribution is -2.33. The molecule has 0 spiro atoms. The number of rotatable bonds is 5. The topological polar surface area (TPSA) is 38.3 Å². The van der Waals surface area contributed by atoms with E-state index in [1.165, 1.54) is 11.3 Å². The highest BCUT2D eigenvalue weighted by atomic mass is 32.1. The number of nitrogens with one attached hydrogen (secondary N) is 1. The largest absolute Gasteiger partial charge is 0.496 e. The molecule has 1 aromatic heterocycles. The van der Waals surface area contributed by atoms with Gasteiger partial charge in [0.25, 0.3) is 5.91 Å². The summed E-state index contributed by atoms with van der Waals surface area (Å²) < 4.78 is 5.01. The Hall–Kier alpha value is -1.47. The van der Waals surface area contributed by atoms with Crippen LogP contribution in [0, 0.1) is 12.3 Å². The van der Waals surface area contributed by atoms with Crippen LogP contribution < -0.4 is 10.1 Å². The second-order valence-electron chi connectivity index (χ2n) is 3.33. The summed E-state index contributed by atoms with van der Waals surface area (Å²) in [4.78, 5) is 12.4. The molecule has 1 unspecified atom stereocenters. The van der Waals surface area contributed by atoms with Crippen molar-refractivity contribution in [1.82, 2.24) is 5.32 Å². The van der Waals surface area contributed by atoms with E-state index in [9.17, 15) is 4.79 Å². The average Bonchev–Trinajstić information content (AvgIpc) is 2.76. The van der Waals surface area contributed by atoms with Gasteiger partial charge in [-0.1, -0.05) is 19.3 Å². The molecule has 0 saturated carbocycles. The van der Waals surface area contributed by atoms with Gasteiger partial charge in [0.05, 0.1) is 18.0 Å². The van der Waals surface area contributed by atoms with E-state index in [1.54, 1.807) is 18.6 Å². The molecule has 16 heavy (non-hydrogen) atoms. The van der Waals surface area contributed by atoms with Crippen molar-refractivity contribution in [3.63, 3.8) is 0 Å². The second-order valence-corrected chi connectivity index (χ2v) is 4.24. The van der Waals surface area contributed by atoms with E-state index < -0.39 is 0 Å². The van der Waals surface area contributed by atoms with E-state index in [0.29, 0.717) is 10.6 Å². The van der Waals surface area contributed by atoms with E-state index in [0.717, 1.165) is 12.8 Å². The van der Waals surface area contributed by atoms with Crippen molar-refractivity contribution in [1.29, 1.82) is 0 Å². The molecule has 0 radical (unpaired) electrons. The summed E-state index contributed by atoms with van der Waals surface area (Å²) in [5.74, 6) is 3.13. The number of terminal acetylenes is 1. The van der Waals surface area contributed by atoms with Gasteiger partial charge in [0.1, 0.15) is 5.75 Å². The van der Waals surface area contributed by atoms with E-state index in [4.69, 9.17) is 11.2 Å². The summed E-state index contributed by atoms with van der Waals surface area (Å²) in [5.41, 5.74) is 0. The van der Waals surface area contributed by atoms with Gasteiger partial charge in [-0.05, 0) is 6.42 Å². The zero-order valence-corrected chi connectivity index (χ0v) is 10.3. The molecule has 3 nitrogen and oxygen atoms in total. The number of methoxy groups -OCH3 is 1. The van der Waals surface area contributed by atoms with Crippen molar-refractivity contribution >= 4 is 17.2 Å². The fourth-order valence-electron chi connectivity index (χ4n) is 1.26. The average molecular weight is 237 g/mol. The molecule has 1 aromatic rings. The molecular formula is C12H15NO2S. The maximum atomic E-state index is 11.8. The first-order chi connectivity index (χ1) is 7.71. The summed E-state index contributed by atoms with van der Waals surface area (Å²) >= 11 is 1.35. The molecule has 86 valence electrons. The van der Waals surface area contributed by atoms with Gasteiger partial charge in [-0.2, -0.15) is 0 Å². The van der Waals surface area contributed by atoms with Crippen LogP contribution in [0.3, 0.4) is 0 Å². The molecule has 0 aliphatic carbocycles. The lowest BCUT2D eigenvalue weighted by molar-refractivity contribution is 0.0948. The van der Waals surface area contributed by atoms with Crippen molar-refractivity contribution in [3.8, 4) is 18.1 Å². The molecule has 0 saturated heterocycles. The predicted molar refractivity (Wildman–Crippen MR) is 65.9 cm³/mol. The molecule has 1 heterocycles. The van der Waals surface area contributed by atoms with Gasteiger partial charge in [0, 0.05) is 11.4 Å². The summed E-state index contributed by atoms with van der Waals surface area (Å²) in [5, 5.41) is 4.59. The first kappa shape index (κ1) is 12.6. The Morgan fingerprint density at radius 1 is 1.75 bits per heavy atom. The number of amides is 1. The monoisotopic (exact) mass is 237 g/mol. The zero-order valence-electron chi connectivity index (χ0n) is 9.45. The highest BCUT2D eigenvalue weighted by molar-refractivity contribution is 7.12. The Morgan fingerprint density at radius 3 is 3.00 bits per heavy atom. The Labute approximate surface area is 99.8 Å². The van der Waals surface area contributed by atoms with Crippen LogP contribution in [-0.2, 0) is 0 Å². The lowest BCUT2D eigenvalue weighted by atomic mass is 10.2. The second kappa shape index (κ2) is 6.19. The standard InChI is InChI=1S/C12H15NO2S/c1-4-6-9(5-2)13-12(14)11-7-10(15-3)8-16-11/h2,7-9H,4,6H2,1,3H3,(H,13,14). The molecule has 1 amide bonds. The molecule has 0 fully saturated rings. The first-order valence-corrected chi connectivity index (χ1v) is 5.98. The Kier molecular flexibility index (Phi) is 4.87. The van der Waals surface area contributed by atoms with Crippen molar-refractivity contribution in [3.05, 3.63) is 16.3 Å². The quantitative estimate of drug-likeness (QED) is 0.798. The summed E-state index contributed by atoms with van der Waals surface area (Å²) in [7, 11) is 1.57. The zero-order chi connectivity index (χ0) is 12.0. The first-order valence-electron chi connectivity index (χ1n) is 5.10. The Balaban J connectivity index is 2.61. The SMILES string of the molecule is C#CC(CCC)NC(=O)c1cc(OC)cs1. The molecule has 4 heteroatoms. The third-order valence-corrected chi connectivity index (χ3v) is 3.03. The van der Waals surface area contributed by atoms with E-state index in [2.05, 4.69) is 11.2 Å². The summed E-state index contributed by atoms with van der Waals surface area (Å²) in [6, 6.07) is 1.52. The van der Waals surface area contributed by atoms with E-state index >= 15 is 0 Å². The van der Waals surface area contributed by atoms with Gasteiger partial charge in [-0.25, -0.2) is 0 Å². The summed E-state index contributed by atoms with van der Waals surface area (Å²) in [6.45, 7) is 2.03. The van der Waals surface area contributed by atoms with Gasteiger partial charge >= 0.3 is 0 Å². The maximum Gasteiger partial charge on any atom is 0.262 e. The maximum absolute atomic E-state index is 11.8. The van der Waals surface area contributed by atoms with Crippen molar-refractivity contribution in [2.24, 2.45) is 0 Å². The fraction of sp³-hybridized carbons (Fsp3) is 0.417. The van der Waals surface area contributed by atoms with Crippen LogP contribution in [0.25, 0.3) is 0 Å². The van der Waals surface area contributed by atoms with Gasteiger partial charge in [-0.15, -0.1) is 17.8 Å². The van der Waals surface area contributed by atoms with Crippen LogP contribution in [0.4, 0.5) is 0 Å². The van der Waals surface area contributed by atoms with Crippen LogP contribution in [0.15, 0.2) is 11.4 Å². The number of hydrogen-bond donors (Lipinski definition) is 1. The van der Waals surface area contributed by atoms with E-state index in [1.807, 2.05) is 6.92 Å².